The molecule has 1 aliphatic carbocycles. The van der Waals surface area contributed by atoms with Crippen LogP contribution in [0.3, 0.4) is 0 Å². The summed E-state index contributed by atoms with van der Waals surface area (Å²) in [6.45, 7) is 3.00. The number of rotatable bonds is 6. The number of nitrogens with one attached hydrogen (secondary N) is 3. The molecule has 2 aliphatic rings. The lowest BCUT2D eigenvalue weighted by Gasteiger charge is -2.25. The fourth-order valence-corrected chi connectivity index (χ4v) is 4.75. The predicted octanol–water partition coefficient (Wildman–Crippen LogP) is 2.69. The number of nitrogens with zero attached hydrogens (tertiary/aromatic N) is 1. The van der Waals surface area contributed by atoms with E-state index >= 15 is 0 Å². The van der Waals surface area contributed by atoms with Crippen LogP contribution < -0.4 is 10.6 Å². The Morgan fingerprint density at radius 3 is 2.73 bits per heavy atom. The average Bonchev–Trinajstić information content (AvgIpc) is 3.42. The molecule has 1 aromatic heterocycles. The second kappa shape index (κ2) is 9.22. The molecule has 0 spiro atoms. The van der Waals surface area contributed by atoms with Crippen LogP contribution in [0.5, 0.6) is 0 Å². The summed E-state index contributed by atoms with van der Waals surface area (Å²) in [5, 5.41) is 12.0. The number of amides is 2. The lowest BCUT2D eigenvalue weighted by molar-refractivity contribution is -0.115. The minimum atomic E-state index is -0.738. The molecule has 4 rings (SSSR count). The molecule has 3 N–H and O–H groups in total. The number of hydrogen-bond acceptors (Lipinski definition) is 5. The topological polar surface area (TPSA) is 105 Å². The summed E-state index contributed by atoms with van der Waals surface area (Å²) in [7, 11) is 3.80. The van der Waals surface area contributed by atoms with Crippen molar-refractivity contribution in [2.24, 2.45) is 0 Å². The van der Waals surface area contributed by atoms with Gasteiger partial charge in [-0.25, -0.2) is 13.6 Å². The average molecular weight is 476 g/mol. The second-order valence-electron chi connectivity index (χ2n) is 9.01. The van der Waals surface area contributed by atoms with Gasteiger partial charge in [0, 0.05) is 39.7 Å². The first-order chi connectivity index (χ1) is 15.6. The Hall–Kier alpha value is -2.79. The fourth-order valence-electron chi connectivity index (χ4n) is 4.25. The van der Waals surface area contributed by atoms with Crippen LogP contribution in [0.4, 0.5) is 19.4 Å². The molecule has 8 nitrogen and oxygen atoms in total. The first-order valence-corrected chi connectivity index (χ1v) is 11.2. The Morgan fingerprint density at radius 1 is 1.27 bits per heavy atom. The monoisotopic (exact) mass is 475 g/mol. The minimum Gasteiger partial charge on any atom is -0.446 e. The van der Waals surface area contributed by atoms with Gasteiger partial charge in [-0.2, -0.15) is 5.10 Å². The van der Waals surface area contributed by atoms with Crippen molar-refractivity contribution in [3.63, 3.8) is 0 Å². The van der Waals surface area contributed by atoms with E-state index in [0.717, 1.165) is 30.3 Å². The number of anilines is 1. The highest BCUT2D eigenvalue weighted by molar-refractivity contribution is 6.16. The lowest BCUT2D eigenvalue weighted by atomic mass is 10.0. The van der Waals surface area contributed by atoms with Crippen molar-refractivity contribution in [3.8, 4) is 0 Å². The molecule has 33 heavy (non-hydrogen) atoms. The van der Waals surface area contributed by atoms with Crippen molar-refractivity contribution in [3.05, 3.63) is 47.2 Å². The Kier molecular flexibility index (Phi) is 6.53. The van der Waals surface area contributed by atoms with Gasteiger partial charge in [0.15, 0.2) is 5.82 Å². The maximum Gasteiger partial charge on any atom is 0.407 e. The first-order valence-electron chi connectivity index (χ1n) is 10.7. The van der Waals surface area contributed by atoms with Gasteiger partial charge in [0.2, 0.25) is 5.91 Å². The number of ether oxygens (including phenoxy) is 2. The van der Waals surface area contributed by atoms with Gasteiger partial charge in [-0.3, -0.25) is 9.89 Å². The van der Waals surface area contributed by atoms with Gasteiger partial charge in [-0.05, 0) is 50.3 Å². The molecule has 2 heterocycles. The molecule has 1 saturated carbocycles. The number of aromatic amines is 1. The maximum atomic E-state index is 13.3. The Bertz CT molecular complexity index is 1020. The summed E-state index contributed by atoms with van der Waals surface area (Å²) in [6, 6.07) is 4.67. The number of aromatic nitrogens is 2. The Morgan fingerprint density at radius 2 is 2.03 bits per heavy atom. The van der Waals surface area contributed by atoms with Crippen molar-refractivity contribution in [2.75, 3.05) is 18.5 Å². The summed E-state index contributed by atoms with van der Waals surface area (Å²) in [5.41, 5.74) is 0.549. The van der Waals surface area contributed by atoms with E-state index < -0.39 is 34.2 Å². The number of alkyl carbamates (subject to hydrolysis) is 1. The molecule has 175 valence electrons. The van der Waals surface area contributed by atoms with Crippen LogP contribution in [0.25, 0.3) is 0 Å². The summed E-state index contributed by atoms with van der Waals surface area (Å²) in [4.78, 5) is 24.6. The van der Waals surface area contributed by atoms with Gasteiger partial charge in [0.05, 0.1) is 18.6 Å². The van der Waals surface area contributed by atoms with E-state index in [1.165, 1.54) is 0 Å². The molecule has 2 amide bonds. The third-order valence-corrected chi connectivity index (χ3v) is 6.74. The molecular weight excluding hydrogens is 450 g/mol. The smallest absolute Gasteiger partial charge is 0.407 e. The highest BCUT2D eigenvalue weighted by atomic mass is 28.1. The summed E-state index contributed by atoms with van der Waals surface area (Å²) in [5.74, 6) is -1.63. The first kappa shape index (κ1) is 23.4. The summed E-state index contributed by atoms with van der Waals surface area (Å²) < 4.78 is 37.6. The highest BCUT2D eigenvalue weighted by Gasteiger charge is 2.41. The number of carbonyl (C=O) groups excluding carboxylic acids is 2. The third kappa shape index (κ3) is 5.77. The van der Waals surface area contributed by atoms with Crippen molar-refractivity contribution < 1.29 is 27.8 Å². The molecule has 2 fully saturated rings. The zero-order valence-corrected chi connectivity index (χ0v) is 19.2. The molecule has 3 radical (unpaired) electrons. The Labute approximate surface area is 193 Å². The predicted molar refractivity (Wildman–Crippen MR) is 116 cm³/mol. The van der Waals surface area contributed by atoms with Crippen LogP contribution in [-0.4, -0.2) is 57.3 Å². The van der Waals surface area contributed by atoms with E-state index in [0.29, 0.717) is 38.3 Å². The van der Waals surface area contributed by atoms with E-state index in [1.54, 1.807) is 6.07 Å². The number of halogens is 2. The SMILES string of the molecule is CC1(NC(=O)OC2CC[C@]([Si])(c3cc(NC(=O)Cc4cc(F)cc(F)c4)n[nH]3)C2)CCOC1. The van der Waals surface area contributed by atoms with Crippen molar-refractivity contribution >= 4 is 28.1 Å². The van der Waals surface area contributed by atoms with Crippen molar-refractivity contribution in [1.29, 1.82) is 0 Å². The van der Waals surface area contributed by atoms with Gasteiger partial charge < -0.3 is 20.1 Å². The normalized spacial score (nSPS) is 26.8. The molecular formula is C22H25F2N4O4Si. The maximum absolute atomic E-state index is 13.3. The largest absolute Gasteiger partial charge is 0.446 e. The highest BCUT2D eigenvalue weighted by Crippen LogP contribution is 2.39. The molecule has 0 bridgehead atoms. The molecule has 1 aliphatic heterocycles. The zero-order valence-electron chi connectivity index (χ0n) is 18.2. The number of H-pyrrole nitrogens is 1. The summed E-state index contributed by atoms with van der Waals surface area (Å²) >= 11 is 0. The van der Waals surface area contributed by atoms with Crippen LogP contribution >= 0.6 is 0 Å². The van der Waals surface area contributed by atoms with Gasteiger partial charge in [-0.15, -0.1) is 0 Å². The zero-order chi connectivity index (χ0) is 23.6. The lowest BCUT2D eigenvalue weighted by Crippen LogP contribution is -2.47. The molecule has 2 aromatic rings. The van der Waals surface area contributed by atoms with Crippen LogP contribution in [0.1, 0.15) is 43.9 Å². The molecule has 11 heteroatoms. The minimum absolute atomic E-state index is 0.190. The summed E-state index contributed by atoms with van der Waals surface area (Å²) in [6.07, 6.45) is 1.70. The molecule has 1 saturated heterocycles. The molecule has 2 unspecified atom stereocenters. The van der Waals surface area contributed by atoms with Crippen molar-refractivity contribution in [2.45, 2.75) is 55.7 Å². The second-order valence-corrected chi connectivity index (χ2v) is 9.97. The quantitative estimate of drug-likeness (QED) is 0.557. The van der Waals surface area contributed by atoms with Gasteiger partial charge >= 0.3 is 6.09 Å². The van der Waals surface area contributed by atoms with E-state index in [1.807, 2.05) is 6.92 Å². The van der Waals surface area contributed by atoms with E-state index in [-0.39, 0.29) is 18.1 Å². The van der Waals surface area contributed by atoms with Crippen molar-refractivity contribution in [1.82, 2.24) is 15.5 Å². The Balaban J connectivity index is 1.31. The van der Waals surface area contributed by atoms with Crippen LogP contribution in [0.15, 0.2) is 24.3 Å². The molecule has 3 atom stereocenters. The standard InChI is InChI=1S/C22H25F2N4O4Si/c1-21(4-5-31-12-21)26-20(30)32-16-2-3-22(33,11-16)17-10-18(28-27-17)25-19(29)8-13-6-14(23)9-15(24)7-13/h6-7,9-10,16H,2-5,8,11-12H2,1H3,(H,26,30)(H2,25,27,28,29)/t16?,21?,22-/m1/s1. The number of carbonyl (C=O) groups is 2. The van der Waals surface area contributed by atoms with E-state index in [2.05, 4.69) is 31.1 Å². The van der Waals surface area contributed by atoms with Crippen LogP contribution in [-0.2, 0) is 25.7 Å². The molecule has 1 aromatic carbocycles. The van der Waals surface area contributed by atoms with Gasteiger partial charge in [0.25, 0.3) is 0 Å². The van der Waals surface area contributed by atoms with E-state index in [4.69, 9.17) is 9.47 Å². The van der Waals surface area contributed by atoms with Crippen LogP contribution in [0.2, 0.25) is 0 Å². The van der Waals surface area contributed by atoms with Crippen LogP contribution in [0, 0.1) is 11.6 Å². The third-order valence-electron chi connectivity index (χ3n) is 6.01. The number of hydrogen-bond donors (Lipinski definition) is 3. The van der Waals surface area contributed by atoms with Gasteiger partial charge in [-0.1, -0.05) is 0 Å². The van der Waals surface area contributed by atoms with E-state index in [9.17, 15) is 18.4 Å². The fraction of sp³-hybridized carbons (Fsp3) is 0.500. The number of benzene rings is 1. The van der Waals surface area contributed by atoms with Gasteiger partial charge in [0.1, 0.15) is 17.7 Å².